The maximum absolute atomic E-state index is 12.0. The average molecular weight is 306 g/mol. The largest absolute Gasteiger partial charge is 0.396 e. The SMILES string of the molecule is Cn1cc(CC(=O)NCCSCCCO)c2ccccc21. The molecule has 0 aliphatic heterocycles. The van der Waals surface area contributed by atoms with E-state index in [9.17, 15) is 4.79 Å². The summed E-state index contributed by atoms with van der Waals surface area (Å²) in [5, 5.41) is 12.8. The van der Waals surface area contributed by atoms with E-state index < -0.39 is 0 Å². The second-order valence-electron chi connectivity index (χ2n) is 5.00. The minimum absolute atomic E-state index is 0.0640. The Hall–Kier alpha value is -1.46. The van der Waals surface area contributed by atoms with Crippen LogP contribution in [0.1, 0.15) is 12.0 Å². The van der Waals surface area contributed by atoms with Gasteiger partial charge in [-0.2, -0.15) is 11.8 Å². The van der Waals surface area contributed by atoms with Crippen LogP contribution in [-0.4, -0.2) is 40.2 Å². The first-order valence-electron chi connectivity index (χ1n) is 7.20. The summed E-state index contributed by atoms with van der Waals surface area (Å²) in [6.45, 7) is 0.917. The van der Waals surface area contributed by atoms with Crippen LogP contribution < -0.4 is 5.32 Å². The van der Waals surface area contributed by atoms with Gasteiger partial charge in [-0.3, -0.25) is 4.79 Å². The molecule has 1 amide bonds. The summed E-state index contributed by atoms with van der Waals surface area (Å²) < 4.78 is 2.06. The van der Waals surface area contributed by atoms with Crippen molar-refractivity contribution in [3.8, 4) is 0 Å². The van der Waals surface area contributed by atoms with E-state index in [1.54, 1.807) is 11.8 Å². The summed E-state index contributed by atoms with van der Waals surface area (Å²) in [7, 11) is 2.00. The van der Waals surface area contributed by atoms with Gasteiger partial charge in [-0.25, -0.2) is 0 Å². The third kappa shape index (κ3) is 4.51. The summed E-state index contributed by atoms with van der Waals surface area (Å²) in [5.74, 6) is 1.89. The molecule has 0 fully saturated rings. The van der Waals surface area contributed by atoms with E-state index in [-0.39, 0.29) is 12.5 Å². The number of aliphatic hydroxyl groups excluding tert-OH is 1. The molecule has 5 heteroatoms. The van der Waals surface area contributed by atoms with Crippen molar-refractivity contribution in [1.29, 1.82) is 0 Å². The zero-order chi connectivity index (χ0) is 15.1. The molecule has 1 heterocycles. The van der Waals surface area contributed by atoms with Gasteiger partial charge >= 0.3 is 0 Å². The summed E-state index contributed by atoms with van der Waals surface area (Å²) in [6, 6.07) is 8.13. The fourth-order valence-electron chi connectivity index (χ4n) is 2.33. The zero-order valence-corrected chi connectivity index (χ0v) is 13.2. The Bertz CT molecular complexity index is 595. The number of hydrogen-bond acceptors (Lipinski definition) is 3. The monoisotopic (exact) mass is 306 g/mol. The molecule has 2 N–H and O–H groups in total. The molecule has 0 spiro atoms. The van der Waals surface area contributed by atoms with Crippen molar-refractivity contribution in [3.05, 3.63) is 36.0 Å². The molecule has 4 nitrogen and oxygen atoms in total. The molecular weight excluding hydrogens is 284 g/mol. The lowest BCUT2D eigenvalue weighted by molar-refractivity contribution is -0.120. The van der Waals surface area contributed by atoms with Crippen molar-refractivity contribution in [2.45, 2.75) is 12.8 Å². The molecule has 0 atom stereocenters. The molecule has 0 radical (unpaired) electrons. The number of hydrogen-bond donors (Lipinski definition) is 2. The van der Waals surface area contributed by atoms with Crippen LogP contribution >= 0.6 is 11.8 Å². The van der Waals surface area contributed by atoms with E-state index in [1.807, 2.05) is 25.4 Å². The molecule has 0 aliphatic carbocycles. The van der Waals surface area contributed by atoms with E-state index in [4.69, 9.17) is 5.11 Å². The number of nitrogens with zero attached hydrogens (tertiary/aromatic N) is 1. The Morgan fingerprint density at radius 3 is 2.95 bits per heavy atom. The minimum Gasteiger partial charge on any atom is -0.396 e. The molecule has 0 bridgehead atoms. The normalized spacial score (nSPS) is 11.0. The van der Waals surface area contributed by atoms with Crippen LogP contribution in [0.3, 0.4) is 0 Å². The van der Waals surface area contributed by atoms with Gasteiger partial charge in [0.2, 0.25) is 5.91 Å². The Balaban J connectivity index is 1.82. The number of carbonyl (C=O) groups excluding carboxylic acids is 1. The van der Waals surface area contributed by atoms with Gasteiger partial charge in [0.15, 0.2) is 0 Å². The number of fused-ring (bicyclic) bond motifs is 1. The highest BCUT2D eigenvalue weighted by molar-refractivity contribution is 7.99. The van der Waals surface area contributed by atoms with Crippen molar-refractivity contribution >= 4 is 28.6 Å². The van der Waals surface area contributed by atoms with E-state index >= 15 is 0 Å². The molecule has 1 aromatic heterocycles. The van der Waals surface area contributed by atoms with Crippen LogP contribution in [0.25, 0.3) is 10.9 Å². The molecule has 21 heavy (non-hydrogen) atoms. The number of nitrogens with one attached hydrogen (secondary N) is 1. The van der Waals surface area contributed by atoms with Gasteiger partial charge < -0.3 is 15.0 Å². The molecular formula is C16H22N2O2S. The number of aryl methyl sites for hydroxylation is 1. The average Bonchev–Trinajstić information content (AvgIpc) is 2.80. The number of benzene rings is 1. The van der Waals surface area contributed by atoms with E-state index in [0.717, 1.165) is 34.4 Å². The van der Waals surface area contributed by atoms with Gasteiger partial charge in [0.05, 0.1) is 6.42 Å². The molecule has 0 aliphatic rings. The molecule has 2 aromatic rings. The van der Waals surface area contributed by atoms with Crippen molar-refractivity contribution in [3.63, 3.8) is 0 Å². The highest BCUT2D eigenvalue weighted by atomic mass is 32.2. The van der Waals surface area contributed by atoms with Gasteiger partial charge in [-0.1, -0.05) is 18.2 Å². The quantitative estimate of drug-likeness (QED) is 0.733. The topological polar surface area (TPSA) is 54.3 Å². The molecule has 0 saturated carbocycles. The van der Waals surface area contributed by atoms with Gasteiger partial charge in [0.25, 0.3) is 0 Å². The van der Waals surface area contributed by atoms with Crippen LogP contribution in [-0.2, 0) is 18.3 Å². The van der Waals surface area contributed by atoms with Crippen molar-refractivity contribution < 1.29 is 9.90 Å². The van der Waals surface area contributed by atoms with Crippen molar-refractivity contribution in [2.75, 3.05) is 24.7 Å². The first-order chi connectivity index (χ1) is 10.2. The molecule has 114 valence electrons. The van der Waals surface area contributed by atoms with E-state index in [1.165, 1.54) is 0 Å². The first kappa shape index (κ1) is 15.9. The van der Waals surface area contributed by atoms with Gasteiger partial charge in [-0.15, -0.1) is 0 Å². The third-order valence-corrected chi connectivity index (χ3v) is 4.42. The fourth-order valence-corrected chi connectivity index (χ4v) is 3.12. The fraction of sp³-hybridized carbons (Fsp3) is 0.438. The maximum atomic E-state index is 12.0. The number of para-hydroxylation sites is 1. The summed E-state index contributed by atoms with van der Waals surface area (Å²) >= 11 is 1.75. The van der Waals surface area contributed by atoms with Gasteiger partial charge in [0, 0.05) is 43.1 Å². The second-order valence-corrected chi connectivity index (χ2v) is 6.22. The number of carbonyl (C=O) groups is 1. The lowest BCUT2D eigenvalue weighted by Gasteiger charge is -2.04. The number of aliphatic hydroxyl groups is 1. The van der Waals surface area contributed by atoms with E-state index in [2.05, 4.69) is 22.0 Å². The highest BCUT2D eigenvalue weighted by Gasteiger charge is 2.09. The smallest absolute Gasteiger partial charge is 0.224 e. The number of amides is 1. The standard InChI is InChI=1S/C16H22N2O2S/c1-18-12-13(14-5-2-3-6-15(14)18)11-16(20)17-7-10-21-9-4-8-19/h2-3,5-6,12,19H,4,7-11H2,1H3,(H,17,20). The Labute approximate surface area is 129 Å². The molecule has 1 aromatic carbocycles. The molecule has 2 rings (SSSR count). The predicted octanol–water partition coefficient (Wildman–Crippen LogP) is 1.95. The van der Waals surface area contributed by atoms with Crippen LogP contribution in [0.2, 0.25) is 0 Å². The van der Waals surface area contributed by atoms with Crippen molar-refractivity contribution in [1.82, 2.24) is 9.88 Å². The van der Waals surface area contributed by atoms with Crippen LogP contribution in [0, 0.1) is 0 Å². The summed E-state index contributed by atoms with van der Waals surface area (Å²) in [5.41, 5.74) is 2.22. The molecule has 0 unspecified atom stereocenters. The zero-order valence-electron chi connectivity index (χ0n) is 12.3. The Morgan fingerprint density at radius 2 is 2.14 bits per heavy atom. The second kappa shape index (κ2) is 8.10. The summed E-state index contributed by atoms with van der Waals surface area (Å²) in [4.78, 5) is 12.0. The number of thioether (sulfide) groups is 1. The van der Waals surface area contributed by atoms with Crippen LogP contribution in [0.4, 0.5) is 0 Å². The van der Waals surface area contributed by atoms with Crippen LogP contribution in [0.5, 0.6) is 0 Å². The Morgan fingerprint density at radius 1 is 1.33 bits per heavy atom. The van der Waals surface area contributed by atoms with E-state index in [0.29, 0.717) is 13.0 Å². The first-order valence-corrected chi connectivity index (χ1v) is 8.36. The number of aromatic nitrogens is 1. The third-order valence-electron chi connectivity index (χ3n) is 3.35. The van der Waals surface area contributed by atoms with Crippen molar-refractivity contribution in [2.24, 2.45) is 7.05 Å². The minimum atomic E-state index is 0.0640. The lowest BCUT2D eigenvalue weighted by atomic mass is 10.1. The van der Waals surface area contributed by atoms with Gasteiger partial charge in [0.1, 0.15) is 0 Å². The summed E-state index contributed by atoms with van der Waals surface area (Å²) in [6.07, 6.45) is 3.26. The predicted molar refractivity (Wildman–Crippen MR) is 88.7 cm³/mol. The van der Waals surface area contributed by atoms with Crippen LogP contribution in [0.15, 0.2) is 30.5 Å². The lowest BCUT2D eigenvalue weighted by Crippen LogP contribution is -2.27. The maximum Gasteiger partial charge on any atom is 0.224 e. The van der Waals surface area contributed by atoms with Gasteiger partial charge in [-0.05, 0) is 23.8 Å². The molecule has 0 saturated heterocycles. The Kier molecular flexibility index (Phi) is 6.14. The number of rotatable bonds is 8. The highest BCUT2D eigenvalue weighted by Crippen LogP contribution is 2.20.